The van der Waals surface area contributed by atoms with Gasteiger partial charge in [-0.05, 0) is 76.7 Å². The second-order valence-corrected chi connectivity index (χ2v) is 7.70. The van der Waals surface area contributed by atoms with Crippen LogP contribution in [0.1, 0.15) is 10.4 Å². The molecule has 0 fully saturated rings. The first kappa shape index (κ1) is 21.0. The highest BCUT2D eigenvalue weighted by atomic mass is 79.9. The number of nitrogens with one attached hydrogen (secondary N) is 2. The summed E-state index contributed by atoms with van der Waals surface area (Å²) in [6.45, 7) is 0. The summed E-state index contributed by atoms with van der Waals surface area (Å²) in [5.41, 5.74) is 2.49. The minimum absolute atomic E-state index is 0.0374. The predicted molar refractivity (Wildman–Crippen MR) is 124 cm³/mol. The van der Waals surface area contributed by atoms with Gasteiger partial charge in [0.15, 0.2) is 10.7 Å². The van der Waals surface area contributed by atoms with Crippen LogP contribution < -0.4 is 15.4 Å². The fourth-order valence-electron chi connectivity index (χ4n) is 2.91. The fourth-order valence-corrected chi connectivity index (χ4v) is 3.66. The number of thiocarbonyl (C=S) groups is 1. The van der Waals surface area contributed by atoms with Gasteiger partial charge in [0.25, 0.3) is 5.91 Å². The van der Waals surface area contributed by atoms with Crippen LogP contribution in [0.15, 0.2) is 69.6 Å². The van der Waals surface area contributed by atoms with Gasteiger partial charge in [-0.1, -0.05) is 12.1 Å². The van der Waals surface area contributed by atoms with Gasteiger partial charge >= 0.3 is 0 Å². The number of fused-ring (bicyclic) bond motifs is 1. The number of aromatic nitrogens is 1. The van der Waals surface area contributed by atoms with Crippen molar-refractivity contribution in [1.82, 2.24) is 10.3 Å². The summed E-state index contributed by atoms with van der Waals surface area (Å²) in [5, 5.41) is 5.40. The zero-order chi connectivity index (χ0) is 22.0. The van der Waals surface area contributed by atoms with Crippen molar-refractivity contribution in [2.75, 3.05) is 12.4 Å². The number of carbonyl (C=O) groups excluding carboxylic acids is 1. The molecular weight excluding hydrogens is 485 g/mol. The topological polar surface area (TPSA) is 76.4 Å². The molecule has 0 saturated heterocycles. The summed E-state index contributed by atoms with van der Waals surface area (Å²) in [4.78, 5) is 16.7. The van der Waals surface area contributed by atoms with Crippen LogP contribution in [0.5, 0.6) is 5.75 Å². The van der Waals surface area contributed by atoms with Gasteiger partial charge in [0, 0.05) is 11.3 Å². The standard InChI is InChI=1S/C22H15BrFN3O3S/c1-29-18-8-6-12(10-15(18)23)21-26-17-11-13(7-9-19(17)30-21)25-22(31)27-20(28)14-4-2-3-5-16(14)24/h2-11H,1H3,(H2,25,27,28,31). The molecule has 0 spiro atoms. The Morgan fingerprint density at radius 2 is 1.97 bits per heavy atom. The number of ether oxygens (including phenoxy) is 1. The monoisotopic (exact) mass is 499 g/mol. The van der Waals surface area contributed by atoms with Crippen molar-refractivity contribution in [3.05, 3.63) is 76.5 Å². The summed E-state index contributed by atoms with van der Waals surface area (Å²) in [5.74, 6) is -0.0989. The highest BCUT2D eigenvalue weighted by Gasteiger charge is 2.14. The highest BCUT2D eigenvalue weighted by Crippen LogP contribution is 2.32. The average Bonchev–Trinajstić information content (AvgIpc) is 3.17. The largest absolute Gasteiger partial charge is 0.496 e. The second-order valence-electron chi connectivity index (χ2n) is 6.44. The first-order valence-electron chi connectivity index (χ1n) is 9.06. The maximum atomic E-state index is 13.7. The molecule has 1 heterocycles. The van der Waals surface area contributed by atoms with Gasteiger partial charge in [-0.3, -0.25) is 10.1 Å². The SMILES string of the molecule is COc1ccc(-c2nc3cc(NC(=S)NC(=O)c4ccccc4F)ccc3o2)cc1Br. The van der Waals surface area contributed by atoms with Crippen LogP contribution in [0.4, 0.5) is 10.1 Å². The lowest BCUT2D eigenvalue weighted by Gasteiger charge is -2.09. The molecule has 0 radical (unpaired) electrons. The van der Waals surface area contributed by atoms with Crippen LogP contribution in [-0.2, 0) is 0 Å². The zero-order valence-corrected chi connectivity index (χ0v) is 18.5. The molecular formula is C22H15BrFN3O3S. The van der Waals surface area contributed by atoms with Crippen molar-refractivity contribution in [3.8, 4) is 17.2 Å². The Kier molecular flexibility index (Phi) is 5.97. The number of carbonyl (C=O) groups is 1. The highest BCUT2D eigenvalue weighted by molar-refractivity contribution is 9.10. The lowest BCUT2D eigenvalue weighted by atomic mass is 10.2. The lowest BCUT2D eigenvalue weighted by molar-refractivity contribution is 0.0974. The van der Waals surface area contributed by atoms with Crippen molar-refractivity contribution in [1.29, 1.82) is 0 Å². The zero-order valence-electron chi connectivity index (χ0n) is 16.1. The number of rotatable bonds is 4. The molecule has 6 nitrogen and oxygen atoms in total. The van der Waals surface area contributed by atoms with E-state index in [4.69, 9.17) is 21.4 Å². The molecule has 0 atom stereocenters. The number of amides is 1. The van der Waals surface area contributed by atoms with E-state index in [0.717, 1.165) is 10.0 Å². The molecule has 3 aromatic carbocycles. The molecule has 2 N–H and O–H groups in total. The third-order valence-corrected chi connectivity index (χ3v) is 5.21. The van der Waals surface area contributed by atoms with E-state index >= 15 is 0 Å². The third kappa shape index (κ3) is 4.57. The van der Waals surface area contributed by atoms with Crippen LogP contribution in [-0.4, -0.2) is 23.1 Å². The lowest BCUT2D eigenvalue weighted by Crippen LogP contribution is -2.34. The molecule has 0 bridgehead atoms. The molecule has 0 aliphatic heterocycles. The van der Waals surface area contributed by atoms with Crippen molar-refractivity contribution in [2.24, 2.45) is 0 Å². The Labute approximate surface area is 190 Å². The Hall–Kier alpha value is -3.30. The van der Waals surface area contributed by atoms with E-state index < -0.39 is 11.7 Å². The molecule has 0 saturated carbocycles. The minimum atomic E-state index is -0.634. The van der Waals surface area contributed by atoms with Crippen LogP contribution in [0.3, 0.4) is 0 Å². The van der Waals surface area contributed by atoms with E-state index in [9.17, 15) is 9.18 Å². The molecule has 0 aliphatic carbocycles. The van der Waals surface area contributed by atoms with Crippen LogP contribution in [0.2, 0.25) is 0 Å². The number of benzene rings is 3. The normalized spacial score (nSPS) is 10.7. The van der Waals surface area contributed by atoms with E-state index in [0.29, 0.717) is 28.4 Å². The van der Waals surface area contributed by atoms with Crippen molar-refractivity contribution < 1.29 is 18.3 Å². The molecule has 9 heteroatoms. The Morgan fingerprint density at radius 1 is 1.16 bits per heavy atom. The first-order valence-corrected chi connectivity index (χ1v) is 10.3. The summed E-state index contributed by atoms with van der Waals surface area (Å²) in [7, 11) is 1.59. The summed E-state index contributed by atoms with van der Waals surface area (Å²) in [6.07, 6.45) is 0. The first-order chi connectivity index (χ1) is 14.9. The van der Waals surface area contributed by atoms with E-state index in [1.54, 1.807) is 31.4 Å². The van der Waals surface area contributed by atoms with Crippen molar-refractivity contribution in [3.63, 3.8) is 0 Å². The van der Waals surface area contributed by atoms with E-state index in [-0.39, 0.29) is 10.7 Å². The molecule has 0 unspecified atom stereocenters. The van der Waals surface area contributed by atoms with Gasteiger partial charge in [-0.25, -0.2) is 9.37 Å². The van der Waals surface area contributed by atoms with Crippen molar-refractivity contribution >= 4 is 56.0 Å². The Bertz CT molecular complexity index is 1310. The number of oxazole rings is 1. The molecule has 1 amide bonds. The van der Waals surface area contributed by atoms with Gasteiger partial charge < -0.3 is 14.5 Å². The van der Waals surface area contributed by atoms with Crippen LogP contribution >= 0.6 is 28.1 Å². The number of hydrogen-bond acceptors (Lipinski definition) is 5. The van der Waals surface area contributed by atoms with E-state index in [1.807, 2.05) is 18.2 Å². The maximum Gasteiger partial charge on any atom is 0.260 e. The van der Waals surface area contributed by atoms with Crippen molar-refractivity contribution in [2.45, 2.75) is 0 Å². The summed E-state index contributed by atoms with van der Waals surface area (Å²) in [6, 6.07) is 16.4. The number of anilines is 1. The summed E-state index contributed by atoms with van der Waals surface area (Å²) >= 11 is 8.62. The molecule has 31 heavy (non-hydrogen) atoms. The second kappa shape index (κ2) is 8.83. The fraction of sp³-hybridized carbons (Fsp3) is 0.0455. The third-order valence-electron chi connectivity index (χ3n) is 4.39. The van der Waals surface area contributed by atoms with Crippen LogP contribution in [0.25, 0.3) is 22.6 Å². The van der Waals surface area contributed by atoms with E-state index in [2.05, 4.69) is 31.5 Å². The Balaban J connectivity index is 1.50. The minimum Gasteiger partial charge on any atom is -0.496 e. The van der Waals surface area contributed by atoms with Gasteiger partial charge in [-0.2, -0.15) is 0 Å². The molecule has 0 aliphatic rings. The number of hydrogen-bond donors (Lipinski definition) is 2. The molecule has 4 aromatic rings. The van der Waals surface area contributed by atoms with Gasteiger partial charge in [0.05, 0.1) is 17.1 Å². The average molecular weight is 500 g/mol. The molecule has 1 aromatic heterocycles. The number of halogens is 2. The van der Waals surface area contributed by atoms with Gasteiger partial charge in [-0.15, -0.1) is 0 Å². The van der Waals surface area contributed by atoms with Gasteiger partial charge in [0.2, 0.25) is 5.89 Å². The molecule has 4 rings (SSSR count). The smallest absolute Gasteiger partial charge is 0.260 e. The summed E-state index contributed by atoms with van der Waals surface area (Å²) < 4.78 is 25.6. The number of nitrogens with zero attached hydrogens (tertiary/aromatic N) is 1. The number of methoxy groups -OCH3 is 1. The van der Waals surface area contributed by atoms with Gasteiger partial charge in [0.1, 0.15) is 17.1 Å². The van der Waals surface area contributed by atoms with Crippen LogP contribution in [0, 0.1) is 5.82 Å². The van der Waals surface area contributed by atoms with E-state index in [1.165, 1.54) is 18.2 Å². The maximum absolute atomic E-state index is 13.7. The quantitative estimate of drug-likeness (QED) is 0.359. The molecule has 156 valence electrons. The Morgan fingerprint density at radius 3 is 2.71 bits per heavy atom. The predicted octanol–water partition coefficient (Wildman–Crippen LogP) is 5.53.